The van der Waals surface area contributed by atoms with Gasteiger partial charge in [0, 0.05) is 5.56 Å². The van der Waals surface area contributed by atoms with Crippen molar-refractivity contribution < 1.29 is 9.53 Å². The molecule has 0 spiro atoms. The Balaban J connectivity index is 1.74. The number of nitrogens with zero attached hydrogens (tertiary/aromatic N) is 1. The van der Waals surface area contributed by atoms with Crippen LogP contribution in [0.2, 0.25) is 0 Å². The fourth-order valence-electron chi connectivity index (χ4n) is 2.15. The molecule has 1 heterocycles. The minimum absolute atomic E-state index is 0.0462. The number of aromatic nitrogens is 1. The molecule has 0 radical (unpaired) electrons. The maximum absolute atomic E-state index is 12.1. The molecule has 0 aliphatic heterocycles. The van der Waals surface area contributed by atoms with Crippen molar-refractivity contribution in [3.63, 3.8) is 0 Å². The lowest BCUT2D eigenvalue weighted by atomic mass is 10.1. The number of hydrogen-bond acceptors (Lipinski definition) is 5. The maximum atomic E-state index is 12.1. The summed E-state index contributed by atoms with van der Waals surface area (Å²) < 4.78 is 6.62. The number of para-hydroxylation sites is 1. The highest BCUT2D eigenvalue weighted by Gasteiger charge is 2.10. The Bertz CT molecular complexity index is 784. The topological polar surface area (TPSA) is 51.2 Å². The number of rotatable bonds is 6. The van der Waals surface area contributed by atoms with Gasteiger partial charge < -0.3 is 10.1 Å². The number of thiazole rings is 1. The summed E-state index contributed by atoms with van der Waals surface area (Å²) in [6.45, 7) is 2.78. The number of anilines is 1. The first kappa shape index (κ1) is 14.5. The van der Waals surface area contributed by atoms with Gasteiger partial charge in [0.15, 0.2) is 10.9 Å². The third-order valence-electron chi connectivity index (χ3n) is 3.18. The third-order valence-corrected chi connectivity index (χ3v) is 4.16. The van der Waals surface area contributed by atoms with Gasteiger partial charge >= 0.3 is 0 Å². The summed E-state index contributed by atoms with van der Waals surface area (Å²) in [7, 11) is 0. The Morgan fingerprint density at radius 1 is 1.18 bits per heavy atom. The molecule has 0 saturated heterocycles. The quantitative estimate of drug-likeness (QED) is 0.699. The molecule has 0 unspecified atom stereocenters. The van der Waals surface area contributed by atoms with Crippen molar-refractivity contribution in [3.8, 4) is 5.75 Å². The number of Topliss-reactive ketones (excluding diaryl/α,β-unsaturated/α-hetero) is 1. The minimum Gasteiger partial charge on any atom is -0.492 e. The Morgan fingerprint density at radius 3 is 2.77 bits per heavy atom. The lowest BCUT2D eigenvalue weighted by Gasteiger charge is -2.02. The summed E-state index contributed by atoms with van der Waals surface area (Å²) in [4.78, 5) is 16.6. The first-order chi connectivity index (χ1) is 10.8. The predicted octanol–water partition coefficient (Wildman–Crippen LogP) is 3.99. The molecule has 112 valence electrons. The number of nitrogens with one attached hydrogen (secondary N) is 1. The van der Waals surface area contributed by atoms with Crippen LogP contribution in [-0.2, 0) is 0 Å². The van der Waals surface area contributed by atoms with E-state index in [1.807, 2.05) is 55.5 Å². The van der Waals surface area contributed by atoms with E-state index in [4.69, 9.17) is 4.74 Å². The van der Waals surface area contributed by atoms with Crippen molar-refractivity contribution in [1.29, 1.82) is 0 Å². The Morgan fingerprint density at radius 2 is 2.00 bits per heavy atom. The van der Waals surface area contributed by atoms with E-state index >= 15 is 0 Å². The SMILES string of the molecule is CCOc1cccc2sc(NCC(=O)c3ccccc3)nc12. The second-order valence-corrected chi connectivity index (χ2v) is 5.73. The molecular formula is C17H16N2O2S. The molecule has 1 aromatic heterocycles. The monoisotopic (exact) mass is 312 g/mol. The Kier molecular flexibility index (Phi) is 4.34. The van der Waals surface area contributed by atoms with Crippen LogP contribution in [-0.4, -0.2) is 23.9 Å². The predicted molar refractivity (Wildman–Crippen MR) is 90.1 cm³/mol. The maximum Gasteiger partial charge on any atom is 0.184 e. The van der Waals surface area contributed by atoms with E-state index in [-0.39, 0.29) is 12.3 Å². The Labute approximate surface area is 132 Å². The molecule has 0 saturated carbocycles. The molecule has 0 aliphatic rings. The number of benzene rings is 2. The summed E-state index contributed by atoms with van der Waals surface area (Å²) in [5.74, 6) is 0.823. The molecule has 0 atom stereocenters. The molecule has 3 aromatic rings. The van der Waals surface area contributed by atoms with E-state index in [1.165, 1.54) is 11.3 Å². The summed E-state index contributed by atoms with van der Waals surface area (Å²) in [5.41, 5.74) is 1.54. The molecule has 3 rings (SSSR count). The van der Waals surface area contributed by atoms with E-state index < -0.39 is 0 Å². The van der Waals surface area contributed by atoms with Crippen LogP contribution in [0.4, 0.5) is 5.13 Å². The number of fused-ring (bicyclic) bond motifs is 1. The average Bonchev–Trinajstić information content (AvgIpc) is 2.98. The average molecular weight is 312 g/mol. The molecule has 4 nitrogen and oxygen atoms in total. The van der Waals surface area contributed by atoms with Crippen molar-refractivity contribution in [2.75, 3.05) is 18.5 Å². The molecular weight excluding hydrogens is 296 g/mol. The van der Waals surface area contributed by atoms with Crippen molar-refractivity contribution in [1.82, 2.24) is 4.98 Å². The second-order valence-electron chi connectivity index (χ2n) is 4.70. The standard InChI is InChI=1S/C17H16N2O2S/c1-2-21-14-9-6-10-15-16(14)19-17(22-15)18-11-13(20)12-7-4-3-5-8-12/h3-10H,2,11H2,1H3,(H,18,19). The van der Waals surface area contributed by atoms with Crippen LogP contribution >= 0.6 is 11.3 Å². The van der Waals surface area contributed by atoms with Crippen molar-refractivity contribution in [3.05, 3.63) is 54.1 Å². The highest BCUT2D eigenvalue weighted by Crippen LogP contribution is 2.32. The molecule has 0 bridgehead atoms. The molecule has 0 aliphatic carbocycles. The number of ketones is 1. The van der Waals surface area contributed by atoms with E-state index in [2.05, 4.69) is 10.3 Å². The smallest absolute Gasteiger partial charge is 0.184 e. The molecule has 0 fully saturated rings. The zero-order valence-corrected chi connectivity index (χ0v) is 13.0. The van der Waals surface area contributed by atoms with Crippen LogP contribution < -0.4 is 10.1 Å². The van der Waals surface area contributed by atoms with E-state index in [9.17, 15) is 4.79 Å². The molecule has 0 amide bonds. The summed E-state index contributed by atoms with van der Waals surface area (Å²) in [5, 5.41) is 3.83. The van der Waals surface area contributed by atoms with E-state index in [1.54, 1.807) is 0 Å². The van der Waals surface area contributed by atoms with Gasteiger partial charge in [0.2, 0.25) is 0 Å². The summed E-state index contributed by atoms with van der Waals surface area (Å²) in [6, 6.07) is 15.1. The van der Waals surface area contributed by atoms with Crippen LogP contribution in [0.5, 0.6) is 5.75 Å². The van der Waals surface area contributed by atoms with Crippen LogP contribution in [0, 0.1) is 0 Å². The first-order valence-corrected chi connectivity index (χ1v) is 7.94. The molecule has 22 heavy (non-hydrogen) atoms. The normalized spacial score (nSPS) is 10.6. The van der Waals surface area contributed by atoms with E-state index in [0.29, 0.717) is 12.2 Å². The minimum atomic E-state index is 0.0462. The molecule has 5 heteroatoms. The van der Waals surface area contributed by atoms with Crippen LogP contribution in [0.3, 0.4) is 0 Å². The van der Waals surface area contributed by atoms with Gasteiger partial charge in [-0.15, -0.1) is 0 Å². The lowest BCUT2D eigenvalue weighted by Crippen LogP contribution is -2.13. The van der Waals surface area contributed by atoms with Gasteiger partial charge in [-0.1, -0.05) is 47.7 Å². The van der Waals surface area contributed by atoms with Gasteiger partial charge in [-0.05, 0) is 19.1 Å². The number of ether oxygens (including phenoxy) is 1. The third kappa shape index (κ3) is 3.09. The van der Waals surface area contributed by atoms with Crippen LogP contribution in [0.25, 0.3) is 10.2 Å². The van der Waals surface area contributed by atoms with Gasteiger partial charge in [0.05, 0.1) is 17.9 Å². The highest BCUT2D eigenvalue weighted by molar-refractivity contribution is 7.22. The fourth-order valence-corrected chi connectivity index (χ4v) is 3.03. The van der Waals surface area contributed by atoms with Gasteiger partial charge in [0.25, 0.3) is 0 Å². The van der Waals surface area contributed by atoms with Gasteiger partial charge in [-0.2, -0.15) is 0 Å². The molecule has 2 aromatic carbocycles. The van der Waals surface area contributed by atoms with Crippen molar-refractivity contribution in [2.45, 2.75) is 6.92 Å². The number of carbonyl (C=O) groups is 1. The zero-order valence-electron chi connectivity index (χ0n) is 12.2. The second kappa shape index (κ2) is 6.58. The van der Waals surface area contributed by atoms with Gasteiger partial charge in [-0.3, -0.25) is 4.79 Å². The summed E-state index contributed by atoms with van der Waals surface area (Å²) in [6.07, 6.45) is 0. The Hall–Kier alpha value is -2.40. The lowest BCUT2D eigenvalue weighted by molar-refractivity contribution is 0.101. The molecule has 1 N–H and O–H groups in total. The number of carbonyl (C=O) groups excluding carboxylic acids is 1. The number of hydrogen-bond donors (Lipinski definition) is 1. The highest BCUT2D eigenvalue weighted by atomic mass is 32.1. The largest absolute Gasteiger partial charge is 0.492 e. The summed E-state index contributed by atoms with van der Waals surface area (Å²) >= 11 is 1.52. The van der Waals surface area contributed by atoms with Crippen molar-refractivity contribution >= 4 is 32.5 Å². The van der Waals surface area contributed by atoms with E-state index in [0.717, 1.165) is 21.1 Å². The van der Waals surface area contributed by atoms with Crippen LogP contribution in [0.1, 0.15) is 17.3 Å². The zero-order chi connectivity index (χ0) is 15.4. The van der Waals surface area contributed by atoms with Crippen LogP contribution in [0.15, 0.2) is 48.5 Å². The first-order valence-electron chi connectivity index (χ1n) is 7.12. The van der Waals surface area contributed by atoms with Gasteiger partial charge in [0.1, 0.15) is 11.3 Å². The van der Waals surface area contributed by atoms with Crippen molar-refractivity contribution in [2.24, 2.45) is 0 Å². The fraction of sp³-hybridized carbons (Fsp3) is 0.176. The van der Waals surface area contributed by atoms with Gasteiger partial charge in [-0.25, -0.2) is 4.98 Å².